The SMILES string of the molecule is O=C1CN(Cc2ccc(Cl)cc2F)C(=O)C(C2CC2)N1. The molecule has 0 spiro atoms. The van der Waals surface area contributed by atoms with Gasteiger partial charge in [0.15, 0.2) is 0 Å². The van der Waals surface area contributed by atoms with Gasteiger partial charge in [0.05, 0.1) is 6.54 Å². The van der Waals surface area contributed by atoms with Crippen molar-refractivity contribution in [2.75, 3.05) is 6.54 Å². The first-order valence-corrected chi connectivity index (χ1v) is 6.94. The summed E-state index contributed by atoms with van der Waals surface area (Å²) >= 11 is 5.70. The van der Waals surface area contributed by atoms with Crippen molar-refractivity contribution in [1.29, 1.82) is 0 Å². The minimum Gasteiger partial charge on any atom is -0.342 e. The molecule has 1 aromatic carbocycles. The second-order valence-corrected chi connectivity index (χ2v) is 5.75. The van der Waals surface area contributed by atoms with Gasteiger partial charge in [-0.2, -0.15) is 0 Å². The summed E-state index contributed by atoms with van der Waals surface area (Å²) in [6.45, 7) is 0.0720. The molecule has 1 saturated heterocycles. The fourth-order valence-corrected chi connectivity index (χ4v) is 2.63. The second kappa shape index (κ2) is 5.05. The molecular weight excluding hydrogens is 283 g/mol. The number of hydrogen-bond donors (Lipinski definition) is 1. The van der Waals surface area contributed by atoms with Gasteiger partial charge >= 0.3 is 0 Å². The molecule has 6 heteroatoms. The molecule has 2 aliphatic rings. The molecule has 1 heterocycles. The minimum absolute atomic E-state index is 0.0237. The van der Waals surface area contributed by atoms with Gasteiger partial charge in [0.1, 0.15) is 11.9 Å². The van der Waals surface area contributed by atoms with E-state index in [9.17, 15) is 14.0 Å². The van der Waals surface area contributed by atoms with Crippen molar-refractivity contribution in [3.05, 3.63) is 34.6 Å². The van der Waals surface area contributed by atoms with Crippen LogP contribution >= 0.6 is 11.6 Å². The largest absolute Gasteiger partial charge is 0.342 e. The Morgan fingerprint density at radius 1 is 1.35 bits per heavy atom. The first kappa shape index (κ1) is 13.4. The number of benzene rings is 1. The molecule has 1 aliphatic carbocycles. The van der Waals surface area contributed by atoms with Crippen LogP contribution in [0.25, 0.3) is 0 Å². The van der Waals surface area contributed by atoms with Crippen molar-refractivity contribution in [3.8, 4) is 0 Å². The number of rotatable bonds is 3. The summed E-state index contributed by atoms with van der Waals surface area (Å²) in [6, 6.07) is 3.90. The van der Waals surface area contributed by atoms with Gasteiger partial charge in [-0.15, -0.1) is 0 Å². The highest BCUT2D eigenvalue weighted by molar-refractivity contribution is 6.30. The van der Waals surface area contributed by atoms with E-state index in [0.717, 1.165) is 12.8 Å². The zero-order chi connectivity index (χ0) is 14.3. The normalized spacial score (nSPS) is 22.9. The molecule has 2 fully saturated rings. The lowest BCUT2D eigenvalue weighted by atomic mass is 10.1. The van der Waals surface area contributed by atoms with Gasteiger partial charge in [0.2, 0.25) is 11.8 Å². The van der Waals surface area contributed by atoms with Crippen LogP contribution in [0.2, 0.25) is 5.02 Å². The minimum atomic E-state index is -0.459. The van der Waals surface area contributed by atoms with Crippen LogP contribution in [0.4, 0.5) is 4.39 Å². The lowest BCUT2D eigenvalue weighted by molar-refractivity contribution is -0.145. The van der Waals surface area contributed by atoms with E-state index in [-0.39, 0.29) is 30.8 Å². The van der Waals surface area contributed by atoms with Gasteiger partial charge in [-0.1, -0.05) is 17.7 Å². The fraction of sp³-hybridized carbons (Fsp3) is 0.429. The Morgan fingerprint density at radius 2 is 2.10 bits per heavy atom. The van der Waals surface area contributed by atoms with Crippen LogP contribution in [0.3, 0.4) is 0 Å². The number of nitrogens with zero attached hydrogens (tertiary/aromatic N) is 1. The highest BCUT2D eigenvalue weighted by atomic mass is 35.5. The van der Waals surface area contributed by atoms with Crippen LogP contribution in [0.1, 0.15) is 18.4 Å². The van der Waals surface area contributed by atoms with E-state index in [0.29, 0.717) is 10.6 Å². The molecule has 4 nitrogen and oxygen atoms in total. The number of hydrogen-bond acceptors (Lipinski definition) is 2. The van der Waals surface area contributed by atoms with E-state index in [2.05, 4.69) is 5.32 Å². The zero-order valence-electron chi connectivity index (χ0n) is 10.7. The summed E-state index contributed by atoms with van der Waals surface area (Å²) in [5, 5.41) is 3.03. The molecule has 1 aliphatic heterocycles. The highest BCUT2D eigenvalue weighted by Crippen LogP contribution is 2.34. The Kier molecular flexibility index (Phi) is 3.38. The van der Waals surface area contributed by atoms with E-state index < -0.39 is 11.9 Å². The molecule has 1 unspecified atom stereocenters. The van der Waals surface area contributed by atoms with Gasteiger partial charge < -0.3 is 10.2 Å². The van der Waals surface area contributed by atoms with E-state index in [1.165, 1.54) is 11.0 Å². The van der Waals surface area contributed by atoms with Crippen LogP contribution in [0, 0.1) is 11.7 Å². The molecule has 0 bridgehead atoms. The number of carbonyl (C=O) groups excluding carboxylic acids is 2. The Labute approximate surface area is 120 Å². The average molecular weight is 297 g/mol. The summed E-state index contributed by atoms with van der Waals surface area (Å²) in [5.74, 6) is -0.527. The predicted molar refractivity (Wildman–Crippen MR) is 71.5 cm³/mol. The molecule has 1 aromatic rings. The van der Waals surface area contributed by atoms with Crippen molar-refractivity contribution in [3.63, 3.8) is 0 Å². The third-order valence-electron chi connectivity index (χ3n) is 3.70. The third kappa shape index (κ3) is 2.63. The van der Waals surface area contributed by atoms with Gasteiger partial charge in [0.25, 0.3) is 0 Å². The lowest BCUT2D eigenvalue weighted by Crippen LogP contribution is -2.58. The maximum absolute atomic E-state index is 13.8. The molecule has 20 heavy (non-hydrogen) atoms. The Balaban J connectivity index is 1.78. The lowest BCUT2D eigenvalue weighted by Gasteiger charge is -2.32. The van der Waals surface area contributed by atoms with E-state index in [1.807, 2.05) is 0 Å². The van der Waals surface area contributed by atoms with E-state index in [4.69, 9.17) is 11.6 Å². The van der Waals surface area contributed by atoms with Crippen molar-refractivity contribution in [1.82, 2.24) is 10.2 Å². The summed E-state index contributed by atoms with van der Waals surface area (Å²) in [6.07, 6.45) is 1.92. The summed E-state index contributed by atoms with van der Waals surface area (Å²) in [5.41, 5.74) is 0.368. The molecule has 1 atom stereocenters. The monoisotopic (exact) mass is 296 g/mol. The topological polar surface area (TPSA) is 49.4 Å². The Morgan fingerprint density at radius 3 is 2.75 bits per heavy atom. The van der Waals surface area contributed by atoms with Crippen molar-refractivity contribution in [2.24, 2.45) is 5.92 Å². The molecule has 2 amide bonds. The first-order valence-electron chi connectivity index (χ1n) is 6.56. The standard InChI is InChI=1S/C14H14ClFN2O2/c15-10-4-3-9(11(16)5-10)6-18-7-12(19)17-13(14(18)20)8-1-2-8/h3-5,8,13H,1-2,6-7H2,(H,17,19). The van der Waals surface area contributed by atoms with E-state index in [1.54, 1.807) is 12.1 Å². The smallest absolute Gasteiger partial charge is 0.246 e. The second-order valence-electron chi connectivity index (χ2n) is 5.31. The number of carbonyl (C=O) groups is 2. The van der Waals surface area contributed by atoms with Crippen molar-refractivity contribution in [2.45, 2.75) is 25.4 Å². The average Bonchev–Trinajstić information content (AvgIpc) is 3.21. The maximum atomic E-state index is 13.8. The molecular formula is C14H14ClFN2O2. The van der Waals surface area contributed by atoms with Gasteiger partial charge in [-0.3, -0.25) is 9.59 Å². The van der Waals surface area contributed by atoms with Crippen molar-refractivity contribution >= 4 is 23.4 Å². The molecule has 106 valence electrons. The van der Waals surface area contributed by atoms with Crippen LogP contribution in [0.15, 0.2) is 18.2 Å². The van der Waals surface area contributed by atoms with Gasteiger partial charge in [-0.05, 0) is 30.9 Å². The van der Waals surface area contributed by atoms with Crippen LogP contribution in [-0.4, -0.2) is 29.3 Å². The van der Waals surface area contributed by atoms with Crippen LogP contribution in [-0.2, 0) is 16.1 Å². The highest BCUT2D eigenvalue weighted by Gasteiger charge is 2.42. The molecule has 1 saturated carbocycles. The van der Waals surface area contributed by atoms with Gasteiger partial charge in [-0.25, -0.2) is 4.39 Å². The number of nitrogens with one attached hydrogen (secondary N) is 1. The van der Waals surface area contributed by atoms with Crippen molar-refractivity contribution < 1.29 is 14.0 Å². The Bertz CT molecular complexity index is 574. The molecule has 3 rings (SSSR count). The maximum Gasteiger partial charge on any atom is 0.246 e. The van der Waals surface area contributed by atoms with Gasteiger partial charge in [0, 0.05) is 17.1 Å². The molecule has 0 aromatic heterocycles. The summed E-state index contributed by atoms with van der Waals surface area (Å²) in [7, 11) is 0. The Hall–Kier alpha value is -1.62. The third-order valence-corrected chi connectivity index (χ3v) is 3.93. The predicted octanol–water partition coefficient (Wildman–Crippen LogP) is 1.72. The number of piperazine rings is 1. The molecule has 0 radical (unpaired) electrons. The fourth-order valence-electron chi connectivity index (χ4n) is 2.47. The van der Waals surface area contributed by atoms with Crippen LogP contribution < -0.4 is 5.32 Å². The first-order chi connectivity index (χ1) is 9.54. The quantitative estimate of drug-likeness (QED) is 0.923. The molecule has 1 N–H and O–H groups in total. The summed E-state index contributed by atoms with van der Waals surface area (Å²) < 4.78 is 13.8. The van der Waals surface area contributed by atoms with E-state index >= 15 is 0 Å². The zero-order valence-corrected chi connectivity index (χ0v) is 11.5. The number of amides is 2. The van der Waals surface area contributed by atoms with Crippen LogP contribution in [0.5, 0.6) is 0 Å². The summed E-state index contributed by atoms with van der Waals surface area (Å²) in [4.78, 5) is 25.4. The number of halogens is 2.